The van der Waals surface area contributed by atoms with Crippen molar-refractivity contribution in [2.75, 3.05) is 0 Å². The number of nitrogens with zero attached hydrogens (tertiary/aromatic N) is 3. The maximum atomic E-state index is 9.73. The Morgan fingerprint density at radius 2 is 1.33 bits per heavy atom. The molecule has 6 rings (SSSR count). The predicted octanol–water partition coefficient (Wildman–Crippen LogP) is 10.4. The summed E-state index contributed by atoms with van der Waals surface area (Å²) in [6, 6.07) is 10.7. The molecule has 2 aromatic rings. The molecule has 4 aliphatic heterocycles. The van der Waals surface area contributed by atoms with Crippen molar-refractivity contribution in [2.45, 2.75) is 81.1 Å². The smallest absolute Gasteiger partial charge is 0.0791 e. The van der Waals surface area contributed by atoms with Gasteiger partial charge in [0, 0.05) is 16.8 Å². The Morgan fingerprint density at radius 1 is 0.717 bits per heavy atom. The fourth-order valence-corrected chi connectivity index (χ4v) is 7.32. The average molecular weight is 609 g/mol. The molecule has 1 aromatic carbocycles. The number of H-pyrrole nitrogens is 1. The van der Waals surface area contributed by atoms with Gasteiger partial charge in [0.25, 0.3) is 0 Å². The summed E-state index contributed by atoms with van der Waals surface area (Å²) in [6.07, 6.45) is 12.5. The van der Waals surface area contributed by atoms with E-state index in [1.807, 2.05) is 6.08 Å². The van der Waals surface area contributed by atoms with Gasteiger partial charge in [-0.05, 0) is 128 Å². The minimum atomic E-state index is 0.830. The van der Waals surface area contributed by atoms with Crippen LogP contribution in [0.5, 0.6) is 0 Å². The quantitative estimate of drug-likeness (QED) is 0.315. The molecule has 0 amide bonds. The number of hydrogen-bond donors (Lipinski definition) is 2. The first-order chi connectivity index (χ1) is 22.3. The number of aliphatic imine (C=N–C) groups is 3. The molecule has 4 aliphatic rings. The zero-order valence-corrected chi connectivity index (χ0v) is 28.4. The summed E-state index contributed by atoms with van der Waals surface area (Å²) in [5, 5.41) is 9.73. The molecule has 5 heterocycles. The lowest BCUT2D eigenvalue weighted by Gasteiger charge is -2.14. The number of hydrogen-bond acceptors (Lipinski definition) is 4. The second-order valence-corrected chi connectivity index (χ2v) is 12.2. The van der Waals surface area contributed by atoms with Gasteiger partial charge in [0.15, 0.2) is 0 Å². The van der Waals surface area contributed by atoms with Gasteiger partial charge in [-0.25, -0.2) is 15.0 Å². The lowest BCUT2D eigenvalue weighted by atomic mass is 9.90. The molecular weight excluding hydrogens is 564 g/mol. The molecule has 234 valence electrons. The SMILES string of the molecule is CCC1=C(C)C2=CC3=NC(=C(c4ccccc4)c4[nH]c(c(C)c4CC)C=C4N=C(C(=CC=CO)C1=N2)C(CC)=C4C)C(CC)=C3C. The van der Waals surface area contributed by atoms with Crippen LogP contribution in [0.2, 0.25) is 0 Å². The Labute approximate surface area is 273 Å². The molecule has 0 saturated carbocycles. The third-order valence-electron chi connectivity index (χ3n) is 9.86. The Hall–Kier alpha value is -4.77. The second kappa shape index (κ2) is 12.6. The van der Waals surface area contributed by atoms with E-state index in [-0.39, 0.29) is 0 Å². The van der Waals surface area contributed by atoms with E-state index < -0.39 is 0 Å². The van der Waals surface area contributed by atoms with Crippen LogP contribution >= 0.6 is 0 Å². The van der Waals surface area contributed by atoms with E-state index in [4.69, 9.17) is 15.0 Å². The molecule has 0 aliphatic carbocycles. The Kier molecular flexibility index (Phi) is 8.52. The standard InChI is InChI=1S/C41H44N4O/c1-9-28-23(5)33-21-35-25(7)30(11-3)40(44-35)37(27-17-14-13-15-18-27)41-31(12-4)26(8)36(45-41)22-34-24(6)29(10-2)39(43-34)32(19-16-20-46)38(28)42-33/h13-22,44,46H,9-12H2,1-8H3. The molecule has 0 fully saturated rings. The van der Waals surface area contributed by atoms with E-state index in [0.29, 0.717) is 0 Å². The number of rotatable bonds is 6. The average Bonchev–Trinajstić information content (AvgIpc) is 3.75. The number of fused-ring (bicyclic) bond motifs is 5. The van der Waals surface area contributed by atoms with E-state index in [0.717, 1.165) is 99.8 Å². The van der Waals surface area contributed by atoms with Gasteiger partial charge in [-0.2, -0.15) is 0 Å². The van der Waals surface area contributed by atoms with Gasteiger partial charge in [-0.3, -0.25) is 0 Å². The highest BCUT2D eigenvalue weighted by Crippen LogP contribution is 2.42. The molecule has 5 heteroatoms. The fraction of sp³-hybridized carbons (Fsp3) is 0.293. The van der Waals surface area contributed by atoms with Crippen molar-refractivity contribution in [1.82, 2.24) is 4.98 Å². The number of nitrogens with one attached hydrogen (secondary N) is 1. The van der Waals surface area contributed by atoms with Crippen LogP contribution in [0, 0.1) is 6.92 Å². The summed E-state index contributed by atoms with van der Waals surface area (Å²) in [7, 11) is 0. The van der Waals surface area contributed by atoms with Gasteiger partial charge in [0.1, 0.15) is 0 Å². The number of aromatic amines is 1. The Balaban J connectivity index is 1.78. The highest BCUT2D eigenvalue weighted by atomic mass is 16.2. The van der Waals surface area contributed by atoms with Crippen LogP contribution in [0.1, 0.15) is 95.8 Å². The fourth-order valence-electron chi connectivity index (χ4n) is 7.32. The molecule has 1 aromatic heterocycles. The molecule has 0 unspecified atom stereocenters. The molecule has 0 spiro atoms. The molecular formula is C41H44N4O. The first-order valence-corrected chi connectivity index (χ1v) is 16.6. The van der Waals surface area contributed by atoms with Crippen LogP contribution < -0.4 is 0 Å². The lowest BCUT2D eigenvalue weighted by molar-refractivity contribution is 0.473. The highest BCUT2D eigenvalue weighted by molar-refractivity contribution is 6.37. The van der Waals surface area contributed by atoms with Crippen LogP contribution in [0.15, 0.2) is 126 Å². The minimum absolute atomic E-state index is 0.830. The van der Waals surface area contributed by atoms with Crippen molar-refractivity contribution < 1.29 is 5.11 Å². The summed E-state index contributed by atoms with van der Waals surface area (Å²) in [5.74, 6) is 0. The zero-order chi connectivity index (χ0) is 32.7. The summed E-state index contributed by atoms with van der Waals surface area (Å²) in [4.78, 5) is 19.9. The third-order valence-corrected chi connectivity index (χ3v) is 9.86. The maximum absolute atomic E-state index is 9.73. The monoisotopic (exact) mass is 608 g/mol. The van der Waals surface area contributed by atoms with Crippen molar-refractivity contribution >= 4 is 28.8 Å². The molecule has 0 saturated heterocycles. The number of aliphatic hydroxyl groups is 1. The van der Waals surface area contributed by atoms with Crippen molar-refractivity contribution in [3.8, 4) is 0 Å². The first kappa shape index (κ1) is 31.2. The maximum Gasteiger partial charge on any atom is 0.0791 e. The van der Waals surface area contributed by atoms with Gasteiger partial charge >= 0.3 is 0 Å². The zero-order valence-electron chi connectivity index (χ0n) is 28.4. The van der Waals surface area contributed by atoms with Crippen molar-refractivity contribution in [1.29, 1.82) is 0 Å². The van der Waals surface area contributed by atoms with E-state index >= 15 is 0 Å². The summed E-state index contributed by atoms with van der Waals surface area (Å²) >= 11 is 0. The normalized spacial score (nSPS) is 19.1. The van der Waals surface area contributed by atoms with E-state index in [2.05, 4.69) is 103 Å². The number of allylic oxidation sites excluding steroid dienone is 10. The molecule has 5 nitrogen and oxygen atoms in total. The molecule has 2 N–H and O–H groups in total. The topological polar surface area (TPSA) is 73.1 Å². The second-order valence-electron chi connectivity index (χ2n) is 12.2. The summed E-state index contributed by atoms with van der Waals surface area (Å²) in [5.41, 5.74) is 20.8. The minimum Gasteiger partial charge on any atom is -0.516 e. The van der Waals surface area contributed by atoms with Crippen molar-refractivity contribution in [3.63, 3.8) is 0 Å². The van der Waals surface area contributed by atoms with E-state index in [1.165, 1.54) is 39.0 Å². The molecule has 0 atom stereocenters. The molecule has 0 radical (unpaired) electrons. The number of aromatic nitrogens is 1. The Morgan fingerprint density at radius 3 is 1.89 bits per heavy atom. The largest absolute Gasteiger partial charge is 0.516 e. The van der Waals surface area contributed by atoms with E-state index in [1.54, 1.807) is 6.08 Å². The molecule has 8 bridgehead atoms. The van der Waals surface area contributed by atoms with Crippen molar-refractivity contribution in [2.24, 2.45) is 15.0 Å². The summed E-state index contributed by atoms with van der Waals surface area (Å²) < 4.78 is 0. The first-order valence-electron chi connectivity index (χ1n) is 16.6. The van der Waals surface area contributed by atoms with Gasteiger partial charge in [0.05, 0.1) is 46.2 Å². The van der Waals surface area contributed by atoms with Crippen LogP contribution in [0.3, 0.4) is 0 Å². The van der Waals surface area contributed by atoms with Crippen LogP contribution in [-0.2, 0) is 6.42 Å². The highest BCUT2D eigenvalue weighted by Gasteiger charge is 2.32. The van der Waals surface area contributed by atoms with Crippen LogP contribution in [-0.4, -0.2) is 27.2 Å². The van der Waals surface area contributed by atoms with Crippen LogP contribution in [0.25, 0.3) is 11.6 Å². The van der Waals surface area contributed by atoms with Gasteiger partial charge in [0.2, 0.25) is 0 Å². The third kappa shape index (κ3) is 4.99. The van der Waals surface area contributed by atoms with Gasteiger partial charge in [-0.15, -0.1) is 0 Å². The predicted molar refractivity (Wildman–Crippen MR) is 195 cm³/mol. The molecule has 46 heavy (non-hydrogen) atoms. The van der Waals surface area contributed by atoms with Gasteiger partial charge in [-0.1, -0.05) is 58.0 Å². The summed E-state index contributed by atoms with van der Waals surface area (Å²) in [6.45, 7) is 17.6. The van der Waals surface area contributed by atoms with Crippen LogP contribution in [0.4, 0.5) is 0 Å². The van der Waals surface area contributed by atoms with Crippen molar-refractivity contribution in [3.05, 3.63) is 139 Å². The number of aliphatic hydroxyl groups excluding tert-OH is 1. The number of benzene rings is 1. The van der Waals surface area contributed by atoms with E-state index in [9.17, 15) is 5.11 Å². The lowest BCUT2D eigenvalue weighted by Crippen LogP contribution is -2.15. The van der Waals surface area contributed by atoms with Gasteiger partial charge < -0.3 is 10.1 Å². The Bertz CT molecular complexity index is 1990.